The standard InChI is InChI=1S/C23H31F2N3O5/c1-12(2)7-14(8-19(29)30)26-23(31)17-10-18(28(27-17)11-13(3)4)20-21(32-5)15(24)9-16(25)22(20)33-6/h9-10,12-14H,7-8,11H2,1-6H3,(H,26,31)(H,29,30). The van der Waals surface area contributed by atoms with Crippen LogP contribution < -0.4 is 14.8 Å². The molecule has 1 heterocycles. The van der Waals surface area contributed by atoms with Crippen molar-refractivity contribution in [3.63, 3.8) is 0 Å². The lowest BCUT2D eigenvalue weighted by Crippen LogP contribution is -2.37. The Morgan fingerprint density at radius 2 is 1.64 bits per heavy atom. The zero-order valence-corrected chi connectivity index (χ0v) is 19.7. The Morgan fingerprint density at radius 1 is 1.06 bits per heavy atom. The first kappa shape index (κ1) is 26.1. The number of carboxylic acid groups (broad SMARTS) is 1. The van der Waals surface area contributed by atoms with Crippen molar-refractivity contribution in [2.75, 3.05) is 14.2 Å². The van der Waals surface area contributed by atoms with Crippen LogP contribution in [0.4, 0.5) is 8.78 Å². The van der Waals surface area contributed by atoms with Crippen LogP contribution in [-0.4, -0.2) is 47.0 Å². The van der Waals surface area contributed by atoms with Gasteiger partial charge in [-0.25, -0.2) is 8.78 Å². The number of amides is 1. The van der Waals surface area contributed by atoms with Gasteiger partial charge in [-0.2, -0.15) is 5.10 Å². The topological polar surface area (TPSA) is 103 Å². The van der Waals surface area contributed by atoms with Crippen LogP contribution in [0.1, 0.15) is 51.0 Å². The van der Waals surface area contributed by atoms with Gasteiger partial charge >= 0.3 is 5.97 Å². The molecule has 1 amide bonds. The van der Waals surface area contributed by atoms with E-state index in [1.165, 1.54) is 25.0 Å². The van der Waals surface area contributed by atoms with Crippen molar-refractivity contribution in [2.45, 2.75) is 53.1 Å². The van der Waals surface area contributed by atoms with Crippen molar-refractivity contribution < 1.29 is 33.0 Å². The molecular formula is C23H31F2N3O5. The number of hydrogen-bond acceptors (Lipinski definition) is 5. The van der Waals surface area contributed by atoms with Gasteiger partial charge in [-0.15, -0.1) is 0 Å². The maximum Gasteiger partial charge on any atom is 0.305 e. The summed E-state index contributed by atoms with van der Waals surface area (Å²) in [7, 11) is 2.50. The molecule has 0 radical (unpaired) electrons. The van der Waals surface area contributed by atoms with E-state index in [0.717, 1.165) is 0 Å². The molecule has 33 heavy (non-hydrogen) atoms. The average Bonchev–Trinajstić information content (AvgIpc) is 3.09. The second kappa shape index (κ2) is 11.1. The first-order chi connectivity index (χ1) is 15.5. The van der Waals surface area contributed by atoms with Gasteiger partial charge in [0, 0.05) is 18.7 Å². The van der Waals surface area contributed by atoms with Crippen LogP contribution in [0.5, 0.6) is 11.5 Å². The Bertz CT molecular complexity index is 976. The van der Waals surface area contributed by atoms with Crippen LogP contribution in [0.15, 0.2) is 12.1 Å². The minimum Gasteiger partial charge on any atom is -0.493 e. The van der Waals surface area contributed by atoms with E-state index >= 15 is 0 Å². The Kier molecular flexibility index (Phi) is 8.78. The first-order valence-corrected chi connectivity index (χ1v) is 10.7. The van der Waals surface area contributed by atoms with E-state index in [1.807, 2.05) is 27.7 Å². The predicted octanol–water partition coefficient (Wildman–Crippen LogP) is 4.12. The lowest BCUT2D eigenvalue weighted by Gasteiger charge is -2.18. The number of nitrogens with one attached hydrogen (secondary N) is 1. The lowest BCUT2D eigenvalue weighted by atomic mass is 10.0. The van der Waals surface area contributed by atoms with Crippen LogP contribution in [0, 0.1) is 23.5 Å². The fourth-order valence-corrected chi connectivity index (χ4v) is 3.66. The summed E-state index contributed by atoms with van der Waals surface area (Å²) in [5.74, 6) is -3.69. The van der Waals surface area contributed by atoms with Gasteiger partial charge in [0.1, 0.15) is 0 Å². The number of aliphatic carboxylic acids is 1. The Morgan fingerprint density at radius 3 is 2.09 bits per heavy atom. The van der Waals surface area contributed by atoms with Crippen molar-refractivity contribution in [1.82, 2.24) is 15.1 Å². The van der Waals surface area contributed by atoms with E-state index in [4.69, 9.17) is 9.47 Å². The van der Waals surface area contributed by atoms with Gasteiger partial charge in [0.05, 0.1) is 31.9 Å². The number of rotatable bonds is 11. The molecule has 0 fully saturated rings. The molecule has 10 heteroatoms. The fourth-order valence-electron chi connectivity index (χ4n) is 3.66. The van der Waals surface area contributed by atoms with Gasteiger partial charge in [0.25, 0.3) is 5.91 Å². The van der Waals surface area contributed by atoms with Gasteiger partial charge in [0.15, 0.2) is 28.8 Å². The molecule has 0 aliphatic rings. The van der Waals surface area contributed by atoms with Gasteiger partial charge in [-0.3, -0.25) is 14.3 Å². The monoisotopic (exact) mass is 467 g/mol. The van der Waals surface area contributed by atoms with Crippen LogP contribution >= 0.6 is 0 Å². The third-order valence-corrected chi connectivity index (χ3v) is 4.87. The third-order valence-electron chi connectivity index (χ3n) is 4.87. The molecule has 2 N–H and O–H groups in total. The summed E-state index contributed by atoms with van der Waals surface area (Å²) in [6, 6.07) is 1.47. The number of aromatic nitrogens is 2. The highest BCUT2D eigenvalue weighted by Crippen LogP contribution is 2.42. The molecule has 0 aliphatic carbocycles. The third kappa shape index (κ3) is 6.43. The van der Waals surface area contributed by atoms with Gasteiger partial charge in [0.2, 0.25) is 0 Å². The zero-order valence-electron chi connectivity index (χ0n) is 19.7. The van der Waals surface area contributed by atoms with E-state index in [0.29, 0.717) is 19.0 Å². The van der Waals surface area contributed by atoms with Crippen molar-refractivity contribution >= 4 is 11.9 Å². The molecule has 0 aliphatic heterocycles. The highest BCUT2D eigenvalue weighted by atomic mass is 19.1. The molecule has 0 spiro atoms. The minimum absolute atomic E-state index is 0.00559. The van der Waals surface area contributed by atoms with Crippen LogP contribution in [-0.2, 0) is 11.3 Å². The molecule has 2 aromatic rings. The number of carbonyl (C=O) groups is 2. The van der Waals surface area contributed by atoms with Crippen LogP contribution in [0.25, 0.3) is 11.3 Å². The Balaban J connectivity index is 2.58. The summed E-state index contributed by atoms with van der Waals surface area (Å²) in [5.41, 5.74) is 0.215. The summed E-state index contributed by atoms with van der Waals surface area (Å²) in [6.07, 6.45) is 0.231. The normalized spacial score (nSPS) is 12.2. The molecule has 1 aromatic heterocycles. The summed E-state index contributed by atoms with van der Waals surface area (Å²) >= 11 is 0. The molecule has 0 saturated heterocycles. The van der Waals surface area contributed by atoms with Crippen molar-refractivity contribution in [3.05, 3.63) is 29.5 Å². The largest absolute Gasteiger partial charge is 0.493 e. The molecule has 0 bridgehead atoms. The van der Waals surface area contributed by atoms with Gasteiger partial charge in [-0.05, 0) is 24.3 Å². The number of methoxy groups -OCH3 is 2. The highest BCUT2D eigenvalue weighted by molar-refractivity contribution is 5.94. The summed E-state index contributed by atoms with van der Waals surface area (Å²) in [5, 5.41) is 16.2. The van der Waals surface area contributed by atoms with Gasteiger partial charge in [-0.1, -0.05) is 27.7 Å². The number of carboxylic acids is 1. The molecule has 1 unspecified atom stereocenters. The van der Waals surface area contributed by atoms with Crippen molar-refractivity contribution in [1.29, 1.82) is 0 Å². The van der Waals surface area contributed by atoms with Crippen molar-refractivity contribution in [2.24, 2.45) is 11.8 Å². The Hall–Kier alpha value is -3.17. The molecular weight excluding hydrogens is 436 g/mol. The molecule has 182 valence electrons. The number of benzene rings is 1. The summed E-state index contributed by atoms with van der Waals surface area (Å²) in [6.45, 7) is 8.05. The minimum atomic E-state index is -1.03. The second-order valence-corrected chi connectivity index (χ2v) is 8.67. The van der Waals surface area contributed by atoms with Crippen LogP contribution in [0.2, 0.25) is 0 Å². The number of carbonyl (C=O) groups excluding carboxylic acids is 1. The fraction of sp³-hybridized carbons (Fsp3) is 0.522. The van der Waals surface area contributed by atoms with Gasteiger partial charge < -0.3 is 19.9 Å². The molecule has 1 aromatic carbocycles. The predicted molar refractivity (Wildman–Crippen MR) is 118 cm³/mol. The second-order valence-electron chi connectivity index (χ2n) is 8.67. The number of ether oxygens (including phenoxy) is 2. The van der Waals surface area contributed by atoms with E-state index in [1.54, 1.807) is 0 Å². The highest BCUT2D eigenvalue weighted by Gasteiger charge is 2.28. The molecule has 2 rings (SSSR count). The summed E-state index contributed by atoms with van der Waals surface area (Å²) in [4.78, 5) is 24.2. The maximum atomic E-state index is 14.5. The number of nitrogens with zero attached hydrogens (tertiary/aromatic N) is 2. The van der Waals surface area contributed by atoms with E-state index in [9.17, 15) is 23.5 Å². The van der Waals surface area contributed by atoms with E-state index < -0.39 is 29.6 Å². The van der Waals surface area contributed by atoms with E-state index in [2.05, 4.69) is 10.4 Å². The van der Waals surface area contributed by atoms with E-state index in [-0.39, 0.29) is 46.7 Å². The maximum absolute atomic E-state index is 14.5. The lowest BCUT2D eigenvalue weighted by molar-refractivity contribution is -0.137. The quantitative estimate of drug-likeness (QED) is 0.515. The number of halogens is 2. The van der Waals surface area contributed by atoms with Crippen molar-refractivity contribution in [3.8, 4) is 22.8 Å². The smallest absolute Gasteiger partial charge is 0.305 e. The SMILES string of the molecule is COc1c(F)cc(F)c(OC)c1-c1cc(C(=O)NC(CC(=O)O)CC(C)C)nn1CC(C)C. The Labute approximate surface area is 191 Å². The van der Waals surface area contributed by atoms with Crippen LogP contribution in [0.3, 0.4) is 0 Å². The number of hydrogen-bond donors (Lipinski definition) is 2. The molecule has 0 saturated carbocycles. The molecule has 8 nitrogen and oxygen atoms in total. The summed E-state index contributed by atoms with van der Waals surface area (Å²) < 4.78 is 40.8. The average molecular weight is 468 g/mol. The molecule has 1 atom stereocenters. The first-order valence-electron chi connectivity index (χ1n) is 10.7. The zero-order chi connectivity index (χ0) is 24.9.